The van der Waals surface area contributed by atoms with Crippen LogP contribution in [0.2, 0.25) is 0 Å². The van der Waals surface area contributed by atoms with Crippen molar-refractivity contribution in [1.29, 1.82) is 0 Å². The average molecular weight is 491 g/mol. The van der Waals surface area contributed by atoms with E-state index in [9.17, 15) is 15.0 Å². The van der Waals surface area contributed by atoms with E-state index < -0.39 is 11.6 Å². The summed E-state index contributed by atoms with van der Waals surface area (Å²) in [7, 11) is 0. The van der Waals surface area contributed by atoms with Crippen LogP contribution in [0.15, 0.2) is 34.6 Å². The van der Waals surface area contributed by atoms with Crippen molar-refractivity contribution in [2.24, 2.45) is 23.7 Å². The number of aliphatic carboxylic acids is 1. The Kier molecular flexibility index (Phi) is 14.0. The van der Waals surface area contributed by atoms with Crippen LogP contribution in [0.5, 0.6) is 0 Å². The van der Waals surface area contributed by atoms with E-state index >= 15 is 0 Å². The summed E-state index contributed by atoms with van der Waals surface area (Å²) in [5.74, 6) is 1.94. The predicted octanol–water partition coefficient (Wildman–Crippen LogP) is 8.46. The molecule has 0 unspecified atom stereocenters. The molecule has 0 aromatic heterocycles. The van der Waals surface area contributed by atoms with E-state index in [1.54, 1.807) is 13.0 Å². The van der Waals surface area contributed by atoms with E-state index in [1.807, 2.05) is 13.8 Å². The molecule has 0 radical (unpaired) electrons. The van der Waals surface area contributed by atoms with E-state index in [0.717, 1.165) is 35.5 Å². The molecular weight excluding hydrogens is 436 g/mol. The summed E-state index contributed by atoms with van der Waals surface area (Å²) in [6.07, 6.45) is 15.4. The van der Waals surface area contributed by atoms with Crippen LogP contribution in [-0.2, 0) is 9.53 Å². The Morgan fingerprint density at radius 1 is 1.03 bits per heavy atom. The molecule has 0 saturated carbocycles. The fourth-order valence-corrected chi connectivity index (χ4v) is 5.11. The summed E-state index contributed by atoms with van der Waals surface area (Å²) >= 11 is 0. The van der Waals surface area contributed by atoms with E-state index in [0.29, 0.717) is 12.2 Å². The van der Waals surface area contributed by atoms with Gasteiger partial charge in [-0.15, -0.1) is 0 Å². The third kappa shape index (κ3) is 11.4. The van der Waals surface area contributed by atoms with Gasteiger partial charge in [0.2, 0.25) is 0 Å². The van der Waals surface area contributed by atoms with Gasteiger partial charge in [-0.2, -0.15) is 0 Å². The Morgan fingerprint density at radius 3 is 2.11 bits per heavy atom. The Hall–Kier alpha value is -1.55. The van der Waals surface area contributed by atoms with Gasteiger partial charge in [0.15, 0.2) is 0 Å². The smallest absolute Gasteiger partial charge is 0.306 e. The summed E-state index contributed by atoms with van der Waals surface area (Å²) < 4.78 is 6.02. The highest BCUT2D eigenvalue weighted by molar-refractivity contribution is 5.69. The van der Waals surface area contributed by atoms with Crippen molar-refractivity contribution in [1.82, 2.24) is 0 Å². The Balaban J connectivity index is 2.34. The van der Waals surface area contributed by atoms with E-state index in [1.165, 1.54) is 56.9 Å². The molecular formula is C31H54O4. The van der Waals surface area contributed by atoms with Crippen molar-refractivity contribution >= 4 is 5.97 Å². The number of carboxylic acid groups (broad SMARTS) is 1. The monoisotopic (exact) mass is 490 g/mol. The van der Waals surface area contributed by atoms with E-state index in [4.69, 9.17) is 4.74 Å². The average Bonchev–Trinajstić information content (AvgIpc) is 2.75. The van der Waals surface area contributed by atoms with Crippen molar-refractivity contribution in [2.45, 2.75) is 125 Å². The highest BCUT2D eigenvalue weighted by Crippen LogP contribution is 2.40. The molecule has 1 aliphatic rings. The Morgan fingerprint density at radius 2 is 1.57 bits per heavy atom. The maximum absolute atomic E-state index is 11.2. The first-order valence-corrected chi connectivity index (χ1v) is 14.0. The van der Waals surface area contributed by atoms with Crippen LogP contribution in [0.25, 0.3) is 0 Å². The number of hydrogen-bond donors (Lipinski definition) is 2. The zero-order valence-corrected chi connectivity index (χ0v) is 24.0. The summed E-state index contributed by atoms with van der Waals surface area (Å²) in [4.78, 5) is 11.2. The van der Waals surface area contributed by atoms with Crippen molar-refractivity contribution < 1.29 is 19.7 Å². The topological polar surface area (TPSA) is 66.8 Å². The third-order valence-electron chi connectivity index (χ3n) is 8.02. The van der Waals surface area contributed by atoms with Gasteiger partial charge in [-0.05, 0) is 74.7 Å². The molecule has 0 aromatic carbocycles. The molecule has 4 heteroatoms. The third-order valence-corrected chi connectivity index (χ3v) is 8.02. The summed E-state index contributed by atoms with van der Waals surface area (Å²) in [5, 5.41) is 20.1. The highest BCUT2D eigenvalue weighted by Gasteiger charge is 2.42. The zero-order valence-electron chi connectivity index (χ0n) is 24.0. The SMILES string of the molecule is CC(=CCOC1=C(C)[C@@H](C)[C@](O)(CC(=O)O)C(C)=C1)CCC[C@H](C)CCC[C@H](C)CCCC(C)C. The second kappa shape index (κ2) is 15.5. The summed E-state index contributed by atoms with van der Waals surface area (Å²) in [6.45, 7) is 17.7. The number of rotatable bonds is 17. The predicted molar refractivity (Wildman–Crippen MR) is 147 cm³/mol. The molecule has 0 saturated heterocycles. The molecule has 0 bridgehead atoms. The van der Waals surface area contributed by atoms with Gasteiger partial charge in [0.1, 0.15) is 18.0 Å². The number of allylic oxidation sites excluding steroid dienone is 2. The van der Waals surface area contributed by atoms with Gasteiger partial charge in [-0.1, -0.05) is 85.1 Å². The van der Waals surface area contributed by atoms with Gasteiger partial charge in [0.25, 0.3) is 0 Å². The lowest BCUT2D eigenvalue weighted by Gasteiger charge is -2.38. The first kappa shape index (κ1) is 31.5. The van der Waals surface area contributed by atoms with Gasteiger partial charge < -0.3 is 14.9 Å². The van der Waals surface area contributed by atoms with Crippen molar-refractivity contribution in [2.75, 3.05) is 6.61 Å². The van der Waals surface area contributed by atoms with Crippen LogP contribution in [0.3, 0.4) is 0 Å². The Bertz CT molecular complexity index is 745. The maximum Gasteiger partial charge on any atom is 0.306 e. The second-order valence-corrected chi connectivity index (χ2v) is 11.8. The van der Waals surface area contributed by atoms with Crippen LogP contribution in [-0.4, -0.2) is 28.4 Å². The van der Waals surface area contributed by atoms with Gasteiger partial charge in [-0.3, -0.25) is 4.79 Å². The number of aliphatic hydroxyl groups is 1. The molecule has 0 aliphatic heterocycles. The minimum Gasteiger partial charge on any atom is -0.490 e. The fourth-order valence-electron chi connectivity index (χ4n) is 5.11. The minimum absolute atomic E-state index is 0.296. The molecule has 0 fully saturated rings. The van der Waals surface area contributed by atoms with E-state index in [-0.39, 0.29) is 12.3 Å². The molecule has 1 aliphatic carbocycles. The molecule has 35 heavy (non-hydrogen) atoms. The zero-order chi connectivity index (χ0) is 26.6. The molecule has 0 heterocycles. The van der Waals surface area contributed by atoms with Gasteiger partial charge in [0, 0.05) is 5.92 Å². The molecule has 0 amide bonds. The van der Waals surface area contributed by atoms with Crippen LogP contribution in [0, 0.1) is 23.7 Å². The minimum atomic E-state index is -1.35. The summed E-state index contributed by atoms with van der Waals surface area (Å²) in [6, 6.07) is 0. The fraction of sp³-hybridized carbons (Fsp3) is 0.774. The first-order chi connectivity index (χ1) is 16.4. The van der Waals surface area contributed by atoms with Crippen LogP contribution in [0.1, 0.15) is 120 Å². The highest BCUT2D eigenvalue weighted by atomic mass is 16.5. The number of carboxylic acids is 1. The maximum atomic E-state index is 11.2. The number of carbonyl (C=O) groups is 1. The quantitative estimate of drug-likeness (QED) is 0.201. The normalized spacial score (nSPS) is 22.9. The lowest BCUT2D eigenvalue weighted by atomic mass is 9.73. The van der Waals surface area contributed by atoms with Gasteiger partial charge in [0.05, 0.1) is 6.42 Å². The molecule has 1 rings (SSSR count). The van der Waals surface area contributed by atoms with Crippen molar-refractivity contribution in [3.63, 3.8) is 0 Å². The van der Waals surface area contributed by atoms with Gasteiger partial charge >= 0.3 is 5.97 Å². The van der Waals surface area contributed by atoms with Crippen LogP contribution < -0.4 is 0 Å². The standard InChI is InChI=1S/C31H54O4/c1-22(2)12-9-13-23(3)14-10-15-24(4)16-11-17-25(5)18-19-35-29-20-26(6)31(34,21-30(32)33)28(8)27(29)7/h18,20,22-24,28,34H,9-17,19,21H2,1-8H3,(H,32,33)/t23-,24-,28-,31+/m1/s1. The Labute approximate surface area is 215 Å². The first-order valence-electron chi connectivity index (χ1n) is 14.0. The molecule has 202 valence electrons. The lowest BCUT2D eigenvalue weighted by molar-refractivity contribution is -0.142. The second-order valence-electron chi connectivity index (χ2n) is 11.8. The molecule has 2 N–H and O–H groups in total. The van der Waals surface area contributed by atoms with Crippen molar-refractivity contribution in [3.8, 4) is 0 Å². The van der Waals surface area contributed by atoms with Crippen LogP contribution >= 0.6 is 0 Å². The number of ether oxygens (including phenoxy) is 1. The van der Waals surface area contributed by atoms with Crippen molar-refractivity contribution in [3.05, 3.63) is 34.6 Å². The molecule has 0 spiro atoms. The molecule has 4 atom stereocenters. The lowest BCUT2D eigenvalue weighted by Crippen LogP contribution is -2.42. The van der Waals surface area contributed by atoms with Gasteiger partial charge in [-0.25, -0.2) is 0 Å². The molecule has 0 aromatic rings. The largest absolute Gasteiger partial charge is 0.490 e. The molecule has 4 nitrogen and oxygen atoms in total. The van der Waals surface area contributed by atoms with E-state index in [2.05, 4.69) is 40.7 Å². The van der Waals surface area contributed by atoms with Crippen LogP contribution in [0.4, 0.5) is 0 Å². The summed E-state index contributed by atoms with van der Waals surface area (Å²) in [5.41, 5.74) is 1.54. The number of hydrogen-bond acceptors (Lipinski definition) is 3.